The molecule has 0 amide bonds. The number of hydrazine groups is 1. The van der Waals surface area contributed by atoms with Gasteiger partial charge in [-0.3, -0.25) is 10.9 Å². The first kappa shape index (κ1) is 17.8. The smallest absolute Gasteiger partial charge is 0.168 e. The molecule has 0 unspecified atom stereocenters. The Morgan fingerprint density at radius 1 is 1.04 bits per heavy atom. The molecule has 0 bridgehead atoms. The largest absolute Gasteiger partial charge is 0.300 e. The van der Waals surface area contributed by atoms with Gasteiger partial charge in [0, 0.05) is 5.02 Å². The van der Waals surface area contributed by atoms with E-state index in [4.69, 9.17) is 16.9 Å². The standard InChI is InChI=1S/C20H16ClN7/c1-13-2-6-15(7-3-13)26-27-19-17-12-23-28(16-8-4-14(21)5-9-16)20(17)25-18(24-19)10-11-22/h2-9,12,26H,10H2,1H3,(H,24,25,27). The van der Waals surface area contributed by atoms with E-state index in [0.717, 1.165) is 16.8 Å². The van der Waals surface area contributed by atoms with Crippen LogP contribution in [0.1, 0.15) is 11.4 Å². The van der Waals surface area contributed by atoms with Crippen LogP contribution >= 0.6 is 11.6 Å². The average Bonchev–Trinajstić information content (AvgIpc) is 3.12. The molecule has 0 aliphatic carbocycles. The molecular formula is C20H16ClN7. The van der Waals surface area contributed by atoms with E-state index in [1.54, 1.807) is 23.0 Å². The van der Waals surface area contributed by atoms with Gasteiger partial charge in [0.2, 0.25) is 0 Å². The molecule has 4 aromatic rings. The third-order valence-electron chi connectivity index (χ3n) is 4.16. The Bertz CT molecular complexity index is 1160. The Hall–Kier alpha value is -3.63. The zero-order valence-electron chi connectivity index (χ0n) is 15.0. The Morgan fingerprint density at radius 3 is 2.50 bits per heavy atom. The van der Waals surface area contributed by atoms with E-state index in [0.29, 0.717) is 22.3 Å². The highest BCUT2D eigenvalue weighted by Crippen LogP contribution is 2.24. The molecule has 2 aromatic heterocycles. The zero-order chi connectivity index (χ0) is 19.5. The summed E-state index contributed by atoms with van der Waals surface area (Å²) < 4.78 is 1.70. The fourth-order valence-electron chi connectivity index (χ4n) is 2.74. The summed E-state index contributed by atoms with van der Waals surface area (Å²) in [7, 11) is 0. The molecule has 0 aliphatic heterocycles. The summed E-state index contributed by atoms with van der Waals surface area (Å²) in [6.07, 6.45) is 1.79. The zero-order valence-corrected chi connectivity index (χ0v) is 15.8. The van der Waals surface area contributed by atoms with Gasteiger partial charge < -0.3 is 0 Å². The molecule has 0 atom stereocenters. The number of anilines is 2. The molecule has 2 N–H and O–H groups in total. The molecule has 28 heavy (non-hydrogen) atoms. The fourth-order valence-corrected chi connectivity index (χ4v) is 2.86. The van der Waals surface area contributed by atoms with Gasteiger partial charge in [-0.15, -0.1) is 0 Å². The van der Waals surface area contributed by atoms with Crippen LogP contribution < -0.4 is 10.9 Å². The van der Waals surface area contributed by atoms with Gasteiger partial charge in [-0.05, 0) is 43.3 Å². The van der Waals surface area contributed by atoms with Crippen LogP contribution in [0, 0.1) is 18.3 Å². The van der Waals surface area contributed by atoms with Crippen LogP contribution in [-0.2, 0) is 6.42 Å². The summed E-state index contributed by atoms with van der Waals surface area (Å²) in [4.78, 5) is 8.98. The van der Waals surface area contributed by atoms with Gasteiger partial charge in [-0.2, -0.15) is 10.4 Å². The summed E-state index contributed by atoms with van der Waals surface area (Å²) >= 11 is 5.98. The lowest BCUT2D eigenvalue weighted by Gasteiger charge is -2.11. The van der Waals surface area contributed by atoms with Gasteiger partial charge in [0.25, 0.3) is 0 Å². The van der Waals surface area contributed by atoms with Gasteiger partial charge >= 0.3 is 0 Å². The lowest BCUT2D eigenvalue weighted by Crippen LogP contribution is -2.12. The number of aromatic nitrogens is 4. The van der Waals surface area contributed by atoms with Crippen molar-refractivity contribution in [2.45, 2.75) is 13.3 Å². The average molecular weight is 390 g/mol. The van der Waals surface area contributed by atoms with Crippen molar-refractivity contribution in [1.82, 2.24) is 19.7 Å². The summed E-state index contributed by atoms with van der Waals surface area (Å²) in [6.45, 7) is 2.03. The maximum absolute atomic E-state index is 9.08. The first-order valence-corrected chi connectivity index (χ1v) is 8.98. The third kappa shape index (κ3) is 3.59. The summed E-state index contributed by atoms with van der Waals surface area (Å²) in [5, 5.41) is 14.9. The van der Waals surface area contributed by atoms with Crippen molar-refractivity contribution >= 4 is 34.1 Å². The first-order chi connectivity index (χ1) is 13.6. The lowest BCUT2D eigenvalue weighted by molar-refractivity contribution is 0.885. The molecule has 0 saturated carbocycles. The minimum atomic E-state index is 0.0982. The highest BCUT2D eigenvalue weighted by molar-refractivity contribution is 6.30. The second kappa shape index (κ2) is 7.55. The molecule has 0 spiro atoms. The van der Waals surface area contributed by atoms with Crippen molar-refractivity contribution in [3.8, 4) is 11.8 Å². The number of benzene rings is 2. The van der Waals surface area contributed by atoms with Crippen molar-refractivity contribution < 1.29 is 0 Å². The van der Waals surface area contributed by atoms with Crippen LogP contribution in [0.5, 0.6) is 0 Å². The van der Waals surface area contributed by atoms with Crippen LogP contribution in [-0.4, -0.2) is 19.7 Å². The minimum absolute atomic E-state index is 0.0982. The molecule has 0 saturated heterocycles. The number of nitriles is 1. The summed E-state index contributed by atoms with van der Waals surface area (Å²) in [6, 6.07) is 17.4. The predicted octanol–water partition coefficient (Wildman–Crippen LogP) is 4.28. The molecule has 0 fully saturated rings. The quantitative estimate of drug-likeness (QED) is 0.495. The van der Waals surface area contributed by atoms with Crippen LogP contribution in [0.4, 0.5) is 11.5 Å². The number of nitrogens with zero attached hydrogens (tertiary/aromatic N) is 5. The van der Waals surface area contributed by atoms with Gasteiger partial charge in [-0.1, -0.05) is 29.3 Å². The second-order valence-electron chi connectivity index (χ2n) is 6.21. The SMILES string of the molecule is Cc1ccc(NNc2nc(CC#N)nc3c2cnn3-c2ccc(Cl)cc2)cc1. The van der Waals surface area contributed by atoms with Gasteiger partial charge in [-0.25, -0.2) is 14.6 Å². The van der Waals surface area contributed by atoms with Crippen LogP contribution in [0.15, 0.2) is 54.7 Å². The van der Waals surface area contributed by atoms with Gasteiger partial charge in [0.1, 0.15) is 5.82 Å². The molecule has 138 valence electrons. The van der Waals surface area contributed by atoms with Gasteiger partial charge in [0.15, 0.2) is 11.5 Å². The fraction of sp³-hybridized carbons (Fsp3) is 0.100. The number of nitrogens with one attached hydrogen (secondary N) is 2. The first-order valence-electron chi connectivity index (χ1n) is 8.60. The monoisotopic (exact) mass is 389 g/mol. The normalized spacial score (nSPS) is 10.6. The third-order valence-corrected chi connectivity index (χ3v) is 4.41. The van der Waals surface area contributed by atoms with Crippen LogP contribution in [0.2, 0.25) is 5.02 Å². The highest BCUT2D eigenvalue weighted by atomic mass is 35.5. The number of halogens is 1. The van der Waals surface area contributed by atoms with E-state index in [1.165, 1.54) is 5.56 Å². The molecule has 0 radical (unpaired) electrons. The summed E-state index contributed by atoms with van der Waals surface area (Å²) in [5.41, 5.74) is 9.73. The Morgan fingerprint density at radius 2 is 1.79 bits per heavy atom. The number of rotatable bonds is 5. The Kier molecular flexibility index (Phi) is 4.79. The maximum atomic E-state index is 9.08. The predicted molar refractivity (Wildman–Crippen MR) is 109 cm³/mol. The molecular weight excluding hydrogens is 374 g/mol. The molecule has 2 aromatic carbocycles. The molecule has 0 aliphatic rings. The van der Waals surface area contributed by atoms with Crippen molar-refractivity contribution in [1.29, 1.82) is 5.26 Å². The van der Waals surface area contributed by atoms with E-state index in [9.17, 15) is 0 Å². The van der Waals surface area contributed by atoms with Crippen molar-refractivity contribution in [3.63, 3.8) is 0 Å². The molecule has 7 nitrogen and oxygen atoms in total. The van der Waals surface area contributed by atoms with E-state index < -0.39 is 0 Å². The van der Waals surface area contributed by atoms with Gasteiger partial charge in [0.05, 0.1) is 35.4 Å². The topological polar surface area (TPSA) is 91.4 Å². The minimum Gasteiger partial charge on any atom is -0.300 e. The maximum Gasteiger partial charge on any atom is 0.168 e. The number of aryl methyl sites for hydroxylation is 1. The second-order valence-corrected chi connectivity index (χ2v) is 6.65. The molecule has 4 rings (SSSR count). The van der Waals surface area contributed by atoms with E-state index in [1.807, 2.05) is 43.3 Å². The Labute approximate surface area is 166 Å². The number of hydrogen-bond donors (Lipinski definition) is 2. The van der Waals surface area contributed by atoms with Crippen LogP contribution in [0.3, 0.4) is 0 Å². The number of hydrogen-bond acceptors (Lipinski definition) is 6. The van der Waals surface area contributed by atoms with Crippen LogP contribution in [0.25, 0.3) is 16.7 Å². The highest BCUT2D eigenvalue weighted by Gasteiger charge is 2.14. The van der Waals surface area contributed by atoms with E-state index in [2.05, 4.69) is 32.0 Å². The number of fused-ring (bicyclic) bond motifs is 1. The molecule has 2 heterocycles. The van der Waals surface area contributed by atoms with E-state index in [-0.39, 0.29) is 6.42 Å². The van der Waals surface area contributed by atoms with Crippen molar-refractivity contribution in [2.24, 2.45) is 0 Å². The van der Waals surface area contributed by atoms with Crippen molar-refractivity contribution in [3.05, 3.63) is 71.1 Å². The van der Waals surface area contributed by atoms with E-state index >= 15 is 0 Å². The van der Waals surface area contributed by atoms with Crippen molar-refractivity contribution in [2.75, 3.05) is 10.9 Å². The lowest BCUT2D eigenvalue weighted by atomic mass is 10.2. The Balaban J connectivity index is 1.74. The molecule has 8 heteroatoms. The summed E-state index contributed by atoms with van der Waals surface area (Å²) in [5.74, 6) is 0.968.